The second-order valence-electron chi connectivity index (χ2n) is 7.35. The number of hydrogen-bond donors (Lipinski definition) is 1. The van der Waals surface area contributed by atoms with Gasteiger partial charge in [0.2, 0.25) is 0 Å². The zero-order chi connectivity index (χ0) is 13.2. The molecule has 0 aromatic carbocycles. The van der Waals surface area contributed by atoms with Gasteiger partial charge in [-0.3, -0.25) is 4.90 Å². The van der Waals surface area contributed by atoms with Crippen LogP contribution in [0.15, 0.2) is 0 Å². The van der Waals surface area contributed by atoms with Gasteiger partial charge in [0.15, 0.2) is 0 Å². The standard InChI is InChI=1S/C16H31N3/c1-13(2)10-19(11-15-4-3-7-17-15)16-12-18-8-5-14(16)6-9-18/h13-17H,3-12H2,1-2H3. The molecule has 4 rings (SSSR count). The van der Waals surface area contributed by atoms with Crippen LogP contribution >= 0.6 is 0 Å². The van der Waals surface area contributed by atoms with Crippen molar-refractivity contribution in [2.45, 2.75) is 51.6 Å². The first kappa shape index (κ1) is 13.8. The third-order valence-corrected chi connectivity index (χ3v) is 5.31. The van der Waals surface area contributed by atoms with Gasteiger partial charge in [0.1, 0.15) is 0 Å². The van der Waals surface area contributed by atoms with E-state index in [0.29, 0.717) is 0 Å². The Morgan fingerprint density at radius 3 is 2.53 bits per heavy atom. The molecule has 4 aliphatic heterocycles. The van der Waals surface area contributed by atoms with Crippen molar-refractivity contribution in [3.63, 3.8) is 0 Å². The van der Waals surface area contributed by atoms with Gasteiger partial charge in [-0.25, -0.2) is 0 Å². The van der Waals surface area contributed by atoms with E-state index in [-0.39, 0.29) is 0 Å². The minimum absolute atomic E-state index is 0.759. The van der Waals surface area contributed by atoms with Crippen LogP contribution in [0.1, 0.15) is 39.5 Å². The highest BCUT2D eigenvalue weighted by Gasteiger charge is 2.38. The van der Waals surface area contributed by atoms with E-state index in [0.717, 1.165) is 23.9 Å². The van der Waals surface area contributed by atoms with Gasteiger partial charge in [-0.05, 0) is 57.2 Å². The molecule has 0 radical (unpaired) electrons. The summed E-state index contributed by atoms with van der Waals surface area (Å²) < 4.78 is 0. The second kappa shape index (κ2) is 6.11. The fourth-order valence-corrected chi connectivity index (χ4v) is 4.36. The lowest BCUT2D eigenvalue weighted by Crippen LogP contribution is -2.59. The summed E-state index contributed by atoms with van der Waals surface area (Å²) in [6.07, 6.45) is 5.64. The Labute approximate surface area is 118 Å². The smallest absolute Gasteiger partial charge is 0.0253 e. The Balaban J connectivity index is 1.63. The molecular weight excluding hydrogens is 234 g/mol. The Hall–Kier alpha value is -0.120. The monoisotopic (exact) mass is 265 g/mol. The average molecular weight is 265 g/mol. The van der Waals surface area contributed by atoms with Crippen LogP contribution < -0.4 is 5.32 Å². The number of rotatable bonds is 5. The second-order valence-corrected chi connectivity index (χ2v) is 7.35. The predicted molar refractivity (Wildman–Crippen MR) is 80.4 cm³/mol. The third kappa shape index (κ3) is 3.32. The number of piperidine rings is 3. The van der Waals surface area contributed by atoms with Gasteiger partial charge in [-0.1, -0.05) is 13.8 Å². The van der Waals surface area contributed by atoms with Crippen molar-refractivity contribution >= 4 is 0 Å². The first-order valence-corrected chi connectivity index (χ1v) is 8.42. The lowest BCUT2D eigenvalue weighted by Gasteiger charge is -2.50. The molecule has 110 valence electrons. The van der Waals surface area contributed by atoms with E-state index in [2.05, 4.69) is 29.0 Å². The van der Waals surface area contributed by atoms with Crippen molar-refractivity contribution < 1.29 is 0 Å². The molecule has 1 N–H and O–H groups in total. The van der Waals surface area contributed by atoms with Crippen molar-refractivity contribution in [1.82, 2.24) is 15.1 Å². The first-order valence-electron chi connectivity index (χ1n) is 8.42. The van der Waals surface area contributed by atoms with Crippen LogP contribution in [0.5, 0.6) is 0 Å². The fraction of sp³-hybridized carbons (Fsp3) is 1.00. The molecule has 4 aliphatic rings. The van der Waals surface area contributed by atoms with Crippen molar-refractivity contribution in [2.75, 3.05) is 39.3 Å². The molecule has 2 unspecified atom stereocenters. The fourth-order valence-electron chi connectivity index (χ4n) is 4.36. The van der Waals surface area contributed by atoms with E-state index < -0.39 is 0 Å². The SMILES string of the molecule is CC(C)CN(CC1CCCN1)C1CN2CCC1CC2. The number of hydrogen-bond acceptors (Lipinski definition) is 3. The highest BCUT2D eigenvalue weighted by Crippen LogP contribution is 2.31. The molecule has 0 aliphatic carbocycles. The molecule has 2 bridgehead atoms. The van der Waals surface area contributed by atoms with Crippen LogP contribution in [0.25, 0.3) is 0 Å². The molecule has 19 heavy (non-hydrogen) atoms. The molecule has 3 nitrogen and oxygen atoms in total. The highest BCUT2D eigenvalue weighted by atomic mass is 15.3. The van der Waals surface area contributed by atoms with Gasteiger partial charge in [-0.2, -0.15) is 0 Å². The van der Waals surface area contributed by atoms with Gasteiger partial charge >= 0.3 is 0 Å². The quantitative estimate of drug-likeness (QED) is 0.817. The summed E-state index contributed by atoms with van der Waals surface area (Å²) in [5, 5.41) is 3.69. The Kier molecular flexibility index (Phi) is 4.45. The number of nitrogens with zero attached hydrogens (tertiary/aromatic N) is 2. The van der Waals surface area contributed by atoms with Crippen molar-refractivity contribution in [3.05, 3.63) is 0 Å². The molecule has 0 aromatic rings. The third-order valence-electron chi connectivity index (χ3n) is 5.31. The maximum atomic E-state index is 3.69. The lowest BCUT2D eigenvalue weighted by molar-refractivity contribution is -0.00260. The minimum Gasteiger partial charge on any atom is -0.313 e. The summed E-state index contributed by atoms with van der Waals surface area (Å²) in [7, 11) is 0. The zero-order valence-corrected chi connectivity index (χ0v) is 12.8. The first-order chi connectivity index (χ1) is 9.22. The summed E-state index contributed by atoms with van der Waals surface area (Å²) in [6.45, 7) is 12.6. The van der Waals surface area contributed by atoms with Gasteiger partial charge in [0.05, 0.1) is 0 Å². The topological polar surface area (TPSA) is 18.5 Å². The van der Waals surface area contributed by atoms with Crippen LogP contribution in [0, 0.1) is 11.8 Å². The molecule has 0 saturated carbocycles. The van der Waals surface area contributed by atoms with Gasteiger partial charge in [0, 0.05) is 31.7 Å². The van der Waals surface area contributed by atoms with E-state index >= 15 is 0 Å². The van der Waals surface area contributed by atoms with Crippen LogP contribution in [-0.4, -0.2) is 61.2 Å². The molecule has 0 aromatic heterocycles. The maximum Gasteiger partial charge on any atom is 0.0253 e. The molecule has 0 amide bonds. The van der Waals surface area contributed by atoms with Crippen molar-refractivity contribution in [1.29, 1.82) is 0 Å². The van der Waals surface area contributed by atoms with E-state index in [1.807, 2.05) is 0 Å². The van der Waals surface area contributed by atoms with E-state index in [9.17, 15) is 0 Å². The van der Waals surface area contributed by atoms with E-state index in [1.165, 1.54) is 65.0 Å². The van der Waals surface area contributed by atoms with Crippen LogP contribution in [-0.2, 0) is 0 Å². The molecule has 4 heterocycles. The van der Waals surface area contributed by atoms with Gasteiger partial charge in [0.25, 0.3) is 0 Å². The zero-order valence-electron chi connectivity index (χ0n) is 12.8. The largest absolute Gasteiger partial charge is 0.313 e. The maximum absolute atomic E-state index is 3.69. The summed E-state index contributed by atoms with van der Waals surface area (Å²) in [5.41, 5.74) is 0. The normalized spacial score (nSPS) is 38.5. The molecule has 4 saturated heterocycles. The van der Waals surface area contributed by atoms with Crippen molar-refractivity contribution in [2.24, 2.45) is 11.8 Å². The molecule has 3 heteroatoms. The summed E-state index contributed by atoms with van der Waals surface area (Å²) in [4.78, 5) is 5.53. The summed E-state index contributed by atoms with van der Waals surface area (Å²) >= 11 is 0. The van der Waals surface area contributed by atoms with Crippen LogP contribution in [0.3, 0.4) is 0 Å². The minimum atomic E-state index is 0.759. The van der Waals surface area contributed by atoms with Crippen LogP contribution in [0.4, 0.5) is 0 Å². The number of fused-ring (bicyclic) bond motifs is 3. The highest BCUT2D eigenvalue weighted by molar-refractivity contribution is 4.94. The number of nitrogens with one attached hydrogen (secondary N) is 1. The van der Waals surface area contributed by atoms with E-state index in [1.54, 1.807) is 0 Å². The molecule has 0 spiro atoms. The Morgan fingerprint density at radius 1 is 1.21 bits per heavy atom. The Morgan fingerprint density at radius 2 is 2.00 bits per heavy atom. The molecule has 4 fully saturated rings. The Bertz CT molecular complexity index is 278. The molecule has 2 atom stereocenters. The summed E-state index contributed by atoms with van der Waals surface area (Å²) in [5.74, 6) is 1.77. The molecular formula is C16H31N3. The lowest BCUT2D eigenvalue weighted by atomic mass is 9.82. The summed E-state index contributed by atoms with van der Waals surface area (Å²) in [6, 6.07) is 1.60. The van der Waals surface area contributed by atoms with Gasteiger partial charge < -0.3 is 10.2 Å². The predicted octanol–water partition coefficient (Wildman–Crippen LogP) is 1.79. The average Bonchev–Trinajstić information content (AvgIpc) is 2.92. The van der Waals surface area contributed by atoms with Crippen LogP contribution in [0.2, 0.25) is 0 Å². The van der Waals surface area contributed by atoms with E-state index in [4.69, 9.17) is 0 Å². The van der Waals surface area contributed by atoms with Gasteiger partial charge in [-0.15, -0.1) is 0 Å². The van der Waals surface area contributed by atoms with Crippen molar-refractivity contribution in [3.8, 4) is 0 Å².